The molecule has 1 fully saturated rings. The first-order valence-electron chi connectivity index (χ1n) is 8.45. The molecule has 0 bridgehead atoms. The molecule has 1 aromatic heterocycles. The second-order valence-corrected chi connectivity index (χ2v) is 6.78. The van der Waals surface area contributed by atoms with Gasteiger partial charge in [0.15, 0.2) is 0 Å². The summed E-state index contributed by atoms with van der Waals surface area (Å²) in [5.74, 6) is 1.29. The predicted molar refractivity (Wildman–Crippen MR) is 95.7 cm³/mol. The number of carbonyl (C=O) groups excluding carboxylic acids is 1. The zero-order valence-electron chi connectivity index (χ0n) is 14.0. The molecule has 1 aliphatic heterocycles. The number of imidazole rings is 1. The number of hydrogen-bond acceptors (Lipinski definition) is 2. The van der Waals surface area contributed by atoms with Gasteiger partial charge in [-0.2, -0.15) is 0 Å². The minimum absolute atomic E-state index is 0.161. The van der Waals surface area contributed by atoms with Crippen molar-refractivity contribution < 1.29 is 4.79 Å². The number of rotatable bonds is 3. The Morgan fingerprint density at radius 2 is 1.96 bits per heavy atom. The summed E-state index contributed by atoms with van der Waals surface area (Å²) in [5.41, 5.74) is 2.13. The lowest BCUT2D eigenvalue weighted by Gasteiger charge is -2.20. The van der Waals surface area contributed by atoms with E-state index in [9.17, 15) is 4.79 Å². The summed E-state index contributed by atoms with van der Waals surface area (Å²) in [4.78, 5) is 22.0. The molecule has 1 amide bonds. The Morgan fingerprint density at radius 3 is 2.71 bits per heavy atom. The van der Waals surface area contributed by atoms with Crippen molar-refractivity contribution in [2.75, 3.05) is 6.54 Å². The van der Waals surface area contributed by atoms with Crippen LogP contribution in [0.2, 0.25) is 0 Å². The molecule has 4 heteroatoms. The fourth-order valence-electron chi connectivity index (χ4n) is 3.46. The number of amides is 1. The number of benzene rings is 2. The largest absolute Gasteiger partial charge is 0.342 e. The Bertz CT molecular complexity index is 897. The Hall–Kier alpha value is -2.62. The number of carbonyl (C=O) groups is 1. The van der Waals surface area contributed by atoms with Crippen LogP contribution in [0.25, 0.3) is 22.0 Å². The smallest absolute Gasteiger partial charge is 0.223 e. The molecule has 1 saturated heterocycles. The van der Waals surface area contributed by atoms with Crippen molar-refractivity contribution in [3.05, 3.63) is 54.5 Å². The van der Waals surface area contributed by atoms with Gasteiger partial charge in [0.05, 0.1) is 11.9 Å². The molecule has 1 aliphatic rings. The van der Waals surface area contributed by atoms with E-state index in [1.54, 1.807) is 0 Å². The van der Waals surface area contributed by atoms with Gasteiger partial charge in [-0.25, -0.2) is 4.98 Å². The third-order valence-corrected chi connectivity index (χ3v) is 4.82. The molecular weight excluding hydrogens is 298 g/mol. The van der Waals surface area contributed by atoms with Gasteiger partial charge in [0.2, 0.25) is 5.91 Å². The molecule has 2 aromatic carbocycles. The number of H-pyrrole nitrogens is 1. The van der Waals surface area contributed by atoms with Crippen LogP contribution in [-0.2, 0) is 4.79 Å². The van der Waals surface area contributed by atoms with Crippen LogP contribution in [0.3, 0.4) is 0 Å². The van der Waals surface area contributed by atoms with Crippen molar-refractivity contribution in [3.63, 3.8) is 0 Å². The van der Waals surface area contributed by atoms with Crippen molar-refractivity contribution >= 4 is 16.7 Å². The average Bonchev–Trinajstić information content (AvgIpc) is 3.21. The number of hydrogen-bond donors (Lipinski definition) is 1. The van der Waals surface area contributed by atoms with Gasteiger partial charge in [0, 0.05) is 30.5 Å². The van der Waals surface area contributed by atoms with Gasteiger partial charge >= 0.3 is 0 Å². The molecule has 0 spiro atoms. The second kappa shape index (κ2) is 5.78. The molecule has 0 unspecified atom stereocenters. The summed E-state index contributed by atoms with van der Waals surface area (Å²) in [6.45, 7) is 4.87. The SMILES string of the molecule is CC(C)N1C[C@H](c2ncc(-c3ccc4ccccc4c3)[nH]2)CC1=O. The maximum absolute atomic E-state index is 12.1. The van der Waals surface area contributed by atoms with Crippen molar-refractivity contribution in [3.8, 4) is 11.3 Å². The van der Waals surface area contributed by atoms with Crippen LogP contribution in [0.15, 0.2) is 48.7 Å². The molecule has 2 heterocycles. The van der Waals surface area contributed by atoms with Gasteiger partial charge in [0.1, 0.15) is 5.82 Å². The molecule has 3 aromatic rings. The molecule has 4 rings (SSSR count). The zero-order valence-corrected chi connectivity index (χ0v) is 14.0. The topological polar surface area (TPSA) is 49.0 Å². The quantitative estimate of drug-likeness (QED) is 0.794. The fraction of sp³-hybridized carbons (Fsp3) is 0.300. The highest BCUT2D eigenvalue weighted by Gasteiger charge is 2.33. The third kappa shape index (κ3) is 2.58. The summed E-state index contributed by atoms with van der Waals surface area (Å²) in [6.07, 6.45) is 2.42. The number of aromatic amines is 1. The third-order valence-electron chi connectivity index (χ3n) is 4.82. The minimum atomic E-state index is 0.161. The Kier molecular flexibility index (Phi) is 3.60. The maximum atomic E-state index is 12.1. The lowest BCUT2D eigenvalue weighted by atomic mass is 10.1. The van der Waals surface area contributed by atoms with Crippen LogP contribution in [0.4, 0.5) is 0 Å². The fourth-order valence-corrected chi connectivity index (χ4v) is 3.46. The van der Waals surface area contributed by atoms with E-state index >= 15 is 0 Å². The van der Waals surface area contributed by atoms with Crippen molar-refractivity contribution in [1.82, 2.24) is 14.9 Å². The summed E-state index contributed by atoms with van der Waals surface area (Å²) < 4.78 is 0. The molecule has 0 aliphatic carbocycles. The second-order valence-electron chi connectivity index (χ2n) is 6.78. The summed E-state index contributed by atoms with van der Waals surface area (Å²) in [7, 11) is 0. The van der Waals surface area contributed by atoms with Crippen molar-refractivity contribution in [2.45, 2.75) is 32.2 Å². The van der Waals surface area contributed by atoms with E-state index in [0.717, 1.165) is 23.6 Å². The Morgan fingerprint density at radius 1 is 1.17 bits per heavy atom. The minimum Gasteiger partial charge on any atom is -0.342 e. The van der Waals surface area contributed by atoms with E-state index in [2.05, 4.69) is 60.2 Å². The van der Waals surface area contributed by atoms with Crippen LogP contribution in [-0.4, -0.2) is 33.4 Å². The van der Waals surface area contributed by atoms with Crippen LogP contribution in [0.1, 0.15) is 32.0 Å². The van der Waals surface area contributed by atoms with Gasteiger partial charge in [-0.15, -0.1) is 0 Å². The predicted octanol–water partition coefficient (Wildman–Crippen LogP) is 3.95. The van der Waals surface area contributed by atoms with Gasteiger partial charge in [-0.05, 0) is 30.7 Å². The molecule has 24 heavy (non-hydrogen) atoms. The molecule has 0 saturated carbocycles. The van der Waals surface area contributed by atoms with E-state index in [1.807, 2.05) is 17.2 Å². The summed E-state index contributed by atoms with van der Waals surface area (Å²) >= 11 is 0. The first-order chi connectivity index (χ1) is 11.6. The first-order valence-corrected chi connectivity index (χ1v) is 8.45. The highest BCUT2D eigenvalue weighted by atomic mass is 16.2. The lowest BCUT2D eigenvalue weighted by Crippen LogP contribution is -2.31. The first kappa shape index (κ1) is 14.9. The molecule has 1 atom stereocenters. The van der Waals surface area contributed by atoms with Gasteiger partial charge in [0.25, 0.3) is 0 Å². The number of likely N-dealkylation sites (tertiary alicyclic amines) is 1. The molecule has 1 N–H and O–H groups in total. The molecule has 122 valence electrons. The number of nitrogens with zero attached hydrogens (tertiary/aromatic N) is 2. The maximum Gasteiger partial charge on any atom is 0.223 e. The van der Waals surface area contributed by atoms with E-state index in [1.165, 1.54) is 10.8 Å². The van der Waals surface area contributed by atoms with Gasteiger partial charge in [-0.1, -0.05) is 36.4 Å². The molecule has 0 radical (unpaired) electrons. The Balaban J connectivity index is 1.61. The standard InChI is InChI=1S/C20H21N3O/c1-13(2)23-12-17(10-19(23)24)20-21-11-18(22-20)16-8-7-14-5-3-4-6-15(14)9-16/h3-9,11,13,17H,10,12H2,1-2H3,(H,21,22)/t17-/m1/s1. The van der Waals surface area contributed by atoms with E-state index < -0.39 is 0 Å². The van der Waals surface area contributed by atoms with E-state index in [-0.39, 0.29) is 17.9 Å². The Labute approximate surface area is 141 Å². The van der Waals surface area contributed by atoms with Crippen LogP contribution < -0.4 is 0 Å². The number of aromatic nitrogens is 2. The zero-order chi connectivity index (χ0) is 16.7. The molecule has 4 nitrogen and oxygen atoms in total. The van der Waals surface area contributed by atoms with Crippen LogP contribution in [0.5, 0.6) is 0 Å². The molecular formula is C20H21N3O. The summed E-state index contributed by atoms with van der Waals surface area (Å²) in [5, 5.41) is 2.45. The average molecular weight is 319 g/mol. The summed E-state index contributed by atoms with van der Waals surface area (Å²) in [6, 6.07) is 15.0. The van der Waals surface area contributed by atoms with Crippen LogP contribution >= 0.6 is 0 Å². The van der Waals surface area contributed by atoms with E-state index in [0.29, 0.717) is 6.42 Å². The van der Waals surface area contributed by atoms with E-state index in [4.69, 9.17) is 0 Å². The van der Waals surface area contributed by atoms with Gasteiger partial charge in [-0.3, -0.25) is 4.79 Å². The highest BCUT2D eigenvalue weighted by molar-refractivity contribution is 5.86. The lowest BCUT2D eigenvalue weighted by molar-refractivity contribution is -0.129. The highest BCUT2D eigenvalue weighted by Crippen LogP contribution is 2.30. The van der Waals surface area contributed by atoms with Crippen LogP contribution in [0, 0.1) is 0 Å². The van der Waals surface area contributed by atoms with Crippen molar-refractivity contribution in [1.29, 1.82) is 0 Å². The number of fused-ring (bicyclic) bond motifs is 1. The van der Waals surface area contributed by atoms with Crippen molar-refractivity contribution in [2.24, 2.45) is 0 Å². The van der Waals surface area contributed by atoms with Gasteiger partial charge < -0.3 is 9.88 Å². The monoisotopic (exact) mass is 319 g/mol. The normalized spacial score (nSPS) is 18.0. The number of nitrogens with one attached hydrogen (secondary N) is 1.